The average Bonchev–Trinajstić information content (AvgIpc) is 2.51. The molecular weight excluding hydrogens is 236 g/mol. The Morgan fingerprint density at radius 3 is 2.76 bits per heavy atom. The molecule has 2 rings (SSSR count). The number of amides is 1. The van der Waals surface area contributed by atoms with Gasteiger partial charge < -0.3 is 10.6 Å². The van der Waals surface area contributed by atoms with E-state index >= 15 is 0 Å². The largest absolute Gasteiger partial charge is 0.332 e. The lowest BCUT2D eigenvalue weighted by Crippen LogP contribution is -2.42. The number of nitrogens with zero attached hydrogens (tertiary/aromatic N) is 1. The number of hydrogen-bond acceptors (Lipinski definition) is 2. The van der Waals surface area contributed by atoms with E-state index in [4.69, 9.17) is 17.3 Å². The maximum atomic E-state index is 12.4. The quantitative estimate of drug-likeness (QED) is 0.834. The second kappa shape index (κ2) is 4.31. The van der Waals surface area contributed by atoms with Crippen molar-refractivity contribution >= 4 is 17.5 Å². The number of hydrogen-bond donors (Lipinski definition) is 1. The molecule has 1 unspecified atom stereocenters. The van der Waals surface area contributed by atoms with Gasteiger partial charge in [0.1, 0.15) is 0 Å². The lowest BCUT2D eigenvalue weighted by molar-refractivity contribution is 0.0651. The first kappa shape index (κ1) is 12.4. The summed E-state index contributed by atoms with van der Waals surface area (Å²) in [5, 5.41) is 0.581. The van der Waals surface area contributed by atoms with Gasteiger partial charge in [0.2, 0.25) is 0 Å². The van der Waals surface area contributed by atoms with Crippen molar-refractivity contribution in [3.8, 4) is 0 Å². The summed E-state index contributed by atoms with van der Waals surface area (Å²) >= 11 is 5.90. The van der Waals surface area contributed by atoms with Crippen LogP contribution in [0.1, 0.15) is 30.6 Å². The fourth-order valence-corrected chi connectivity index (χ4v) is 2.62. The highest BCUT2D eigenvalue weighted by molar-refractivity contribution is 6.30. The molecule has 0 aromatic heterocycles. The first-order valence-electron chi connectivity index (χ1n) is 5.73. The minimum Gasteiger partial charge on any atom is -0.332 e. The van der Waals surface area contributed by atoms with Gasteiger partial charge in [-0.05, 0) is 38.5 Å². The molecule has 1 amide bonds. The molecule has 1 atom stereocenters. The normalized spacial score (nSPS) is 22.8. The van der Waals surface area contributed by atoms with Gasteiger partial charge in [-0.2, -0.15) is 0 Å². The maximum absolute atomic E-state index is 12.4. The van der Waals surface area contributed by atoms with E-state index in [1.165, 1.54) is 0 Å². The Bertz CT molecular complexity index is 445. The predicted molar refractivity (Wildman–Crippen MR) is 69.2 cm³/mol. The molecular formula is C13H17ClN2O. The number of rotatable bonds is 1. The summed E-state index contributed by atoms with van der Waals surface area (Å²) in [5.41, 5.74) is 6.37. The van der Waals surface area contributed by atoms with Gasteiger partial charge in [-0.1, -0.05) is 17.7 Å². The Balaban J connectivity index is 2.26. The summed E-state index contributed by atoms with van der Waals surface area (Å²) in [6, 6.07) is 7.10. The third-order valence-corrected chi connectivity index (χ3v) is 3.46. The molecule has 1 aliphatic rings. The van der Waals surface area contributed by atoms with Gasteiger partial charge in [-0.15, -0.1) is 0 Å². The Labute approximate surface area is 107 Å². The van der Waals surface area contributed by atoms with Crippen LogP contribution in [0.15, 0.2) is 24.3 Å². The number of nitrogens with two attached hydrogens (primary N) is 1. The summed E-state index contributed by atoms with van der Waals surface area (Å²) in [6.45, 7) is 4.70. The average molecular weight is 253 g/mol. The summed E-state index contributed by atoms with van der Waals surface area (Å²) in [7, 11) is 0. The Morgan fingerprint density at radius 1 is 1.53 bits per heavy atom. The lowest BCUT2D eigenvalue weighted by Gasteiger charge is -2.31. The van der Waals surface area contributed by atoms with Crippen molar-refractivity contribution < 1.29 is 4.79 Å². The Kier molecular flexibility index (Phi) is 3.15. The summed E-state index contributed by atoms with van der Waals surface area (Å²) in [4.78, 5) is 14.2. The number of halogens is 1. The highest BCUT2D eigenvalue weighted by Crippen LogP contribution is 2.29. The first-order chi connectivity index (χ1) is 7.90. The first-order valence-corrected chi connectivity index (χ1v) is 6.11. The van der Waals surface area contributed by atoms with Crippen molar-refractivity contribution in [3.63, 3.8) is 0 Å². The number of carbonyl (C=O) groups is 1. The van der Waals surface area contributed by atoms with Crippen LogP contribution in [0.4, 0.5) is 0 Å². The van der Waals surface area contributed by atoms with Crippen LogP contribution in [0, 0.1) is 0 Å². The SMILES string of the molecule is CC1(C)CC(N)CN1C(=O)c1cccc(Cl)c1. The van der Waals surface area contributed by atoms with E-state index in [0.29, 0.717) is 17.1 Å². The molecule has 0 saturated carbocycles. The van der Waals surface area contributed by atoms with Crippen LogP contribution in [0.25, 0.3) is 0 Å². The van der Waals surface area contributed by atoms with Crippen LogP contribution >= 0.6 is 11.6 Å². The third kappa shape index (κ3) is 2.45. The second-order valence-corrected chi connectivity index (χ2v) is 5.64. The molecule has 1 aromatic rings. The van der Waals surface area contributed by atoms with Crippen molar-refractivity contribution in [2.24, 2.45) is 5.73 Å². The van der Waals surface area contributed by atoms with Crippen molar-refractivity contribution in [3.05, 3.63) is 34.9 Å². The minimum absolute atomic E-state index is 0.00505. The smallest absolute Gasteiger partial charge is 0.254 e. The van der Waals surface area contributed by atoms with E-state index in [1.54, 1.807) is 24.3 Å². The molecule has 0 radical (unpaired) electrons. The number of carbonyl (C=O) groups excluding carboxylic acids is 1. The zero-order valence-corrected chi connectivity index (χ0v) is 10.9. The second-order valence-electron chi connectivity index (χ2n) is 5.20. The highest BCUT2D eigenvalue weighted by atomic mass is 35.5. The molecule has 1 aromatic carbocycles. The molecule has 1 aliphatic heterocycles. The summed E-state index contributed by atoms with van der Waals surface area (Å²) in [6.07, 6.45) is 0.833. The summed E-state index contributed by atoms with van der Waals surface area (Å²) < 4.78 is 0. The fraction of sp³-hybridized carbons (Fsp3) is 0.462. The predicted octanol–water partition coefficient (Wildman–Crippen LogP) is 2.29. The minimum atomic E-state index is -0.182. The van der Waals surface area contributed by atoms with Crippen LogP contribution in [-0.2, 0) is 0 Å². The fourth-order valence-electron chi connectivity index (χ4n) is 2.43. The van der Waals surface area contributed by atoms with Gasteiger partial charge in [0.25, 0.3) is 5.91 Å². The van der Waals surface area contributed by atoms with Crippen LogP contribution in [0.3, 0.4) is 0 Å². The van der Waals surface area contributed by atoms with Crippen molar-refractivity contribution in [2.75, 3.05) is 6.54 Å². The third-order valence-electron chi connectivity index (χ3n) is 3.23. The molecule has 1 heterocycles. The van der Waals surface area contributed by atoms with Crippen molar-refractivity contribution in [1.82, 2.24) is 4.90 Å². The van der Waals surface area contributed by atoms with E-state index in [1.807, 2.05) is 18.7 Å². The molecule has 3 nitrogen and oxygen atoms in total. The molecule has 2 N–H and O–H groups in total. The summed E-state index contributed by atoms with van der Waals surface area (Å²) in [5.74, 6) is 0.00505. The van der Waals surface area contributed by atoms with Gasteiger partial charge in [0.05, 0.1) is 0 Å². The van der Waals surface area contributed by atoms with Gasteiger partial charge in [-0.3, -0.25) is 4.79 Å². The molecule has 0 aliphatic carbocycles. The van der Waals surface area contributed by atoms with Gasteiger partial charge in [-0.25, -0.2) is 0 Å². The van der Waals surface area contributed by atoms with Crippen LogP contribution in [-0.4, -0.2) is 28.9 Å². The Hall–Kier alpha value is -1.06. The molecule has 0 spiro atoms. The highest BCUT2D eigenvalue weighted by Gasteiger charge is 2.39. The van der Waals surface area contributed by atoms with E-state index in [0.717, 1.165) is 6.42 Å². The maximum Gasteiger partial charge on any atom is 0.254 e. The van der Waals surface area contributed by atoms with E-state index in [9.17, 15) is 4.79 Å². The molecule has 1 saturated heterocycles. The van der Waals surface area contributed by atoms with Crippen LogP contribution in [0.2, 0.25) is 5.02 Å². The van der Waals surface area contributed by atoms with E-state index < -0.39 is 0 Å². The molecule has 17 heavy (non-hydrogen) atoms. The monoisotopic (exact) mass is 252 g/mol. The van der Waals surface area contributed by atoms with Crippen molar-refractivity contribution in [2.45, 2.75) is 31.8 Å². The molecule has 4 heteroatoms. The lowest BCUT2D eigenvalue weighted by atomic mass is 10.00. The van der Waals surface area contributed by atoms with Crippen LogP contribution in [0.5, 0.6) is 0 Å². The zero-order chi connectivity index (χ0) is 12.6. The topological polar surface area (TPSA) is 46.3 Å². The van der Waals surface area contributed by atoms with Gasteiger partial charge >= 0.3 is 0 Å². The number of likely N-dealkylation sites (tertiary alicyclic amines) is 1. The van der Waals surface area contributed by atoms with Gasteiger partial charge in [0.15, 0.2) is 0 Å². The van der Waals surface area contributed by atoms with Crippen molar-refractivity contribution in [1.29, 1.82) is 0 Å². The number of benzene rings is 1. The van der Waals surface area contributed by atoms with Gasteiger partial charge in [0, 0.05) is 28.7 Å². The van der Waals surface area contributed by atoms with E-state index in [-0.39, 0.29) is 17.5 Å². The van der Waals surface area contributed by atoms with Crippen LogP contribution < -0.4 is 5.73 Å². The molecule has 92 valence electrons. The van der Waals surface area contributed by atoms with E-state index in [2.05, 4.69) is 0 Å². The molecule has 0 bridgehead atoms. The standard InChI is InChI=1S/C13H17ClN2O/c1-13(2)7-11(15)8-16(13)12(17)9-4-3-5-10(14)6-9/h3-6,11H,7-8,15H2,1-2H3. The molecule has 1 fully saturated rings. The Morgan fingerprint density at radius 2 is 2.24 bits per heavy atom. The zero-order valence-electron chi connectivity index (χ0n) is 10.1.